The van der Waals surface area contributed by atoms with Crippen molar-refractivity contribution in [1.29, 1.82) is 0 Å². The van der Waals surface area contributed by atoms with Crippen LogP contribution in [0.4, 0.5) is 14.5 Å². The Balaban J connectivity index is 1.46. The molecule has 0 radical (unpaired) electrons. The van der Waals surface area contributed by atoms with E-state index in [1.165, 1.54) is 27.2 Å². The van der Waals surface area contributed by atoms with E-state index in [0.717, 1.165) is 17.7 Å². The first-order chi connectivity index (χ1) is 19.1. The molecule has 1 aromatic heterocycles. The zero-order chi connectivity index (χ0) is 28.4. The van der Waals surface area contributed by atoms with Gasteiger partial charge in [0.1, 0.15) is 9.88 Å². The number of halogens is 2. The van der Waals surface area contributed by atoms with Gasteiger partial charge in [0.25, 0.3) is 11.8 Å². The van der Waals surface area contributed by atoms with Crippen molar-refractivity contribution in [2.24, 2.45) is 0 Å². The number of carbonyl (C=O) groups is 3. The van der Waals surface area contributed by atoms with Gasteiger partial charge >= 0.3 is 5.97 Å². The predicted octanol–water partition coefficient (Wildman–Crippen LogP) is 5.82. The summed E-state index contributed by atoms with van der Waals surface area (Å²) in [5.41, 5.74) is 2.10. The molecule has 40 heavy (non-hydrogen) atoms. The number of aryl methyl sites for hydroxylation is 1. The summed E-state index contributed by atoms with van der Waals surface area (Å²) in [6, 6.07) is 15.9. The molecular weight excluding hydrogens is 536 g/mol. The van der Waals surface area contributed by atoms with Gasteiger partial charge in [0.15, 0.2) is 0 Å². The number of carboxylic acid groups (broad SMARTS) is 1. The number of hydrogen-bond donors (Lipinski definition) is 1. The minimum atomic E-state index is -3.36. The minimum Gasteiger partial charge on any atom is -0.478 e. The highest BCUT2D eigenvalue weighted by molar-refractivity contribution is 7.17. The van der Waals surface area contributed by atoms with Crippen molar-refractivity contribution < 1.29 is 28.3 Å². The Kier molecular flexibility index (Phi) is 7.62. The fourth-order valence-corrected chi connectivity index (χ4v) is 6.03. The first kappa shape index (κ1) is 27.4. The summed E-state index contributed by atoms with van der Waals surface area (Å²) in [7, 11) is 0. The van der Waals surface area contributed by atoms with Gasteiger partial charge in [0, 0.05) is 54.9 Å². The number of likely N-dealkylation sites (tertiary alicyclic amines) is 1. The summed E-state index contributed by atoms with van der Waals surface area (Å²) >= 11 is 1.22. The Morgan fingerprint density at radius 1 is 0.975 bits per heavy atom. The largest absolute Gasteiger partial charge is 0.478 e. The summed E-state index contributed by atoms with van der Waals surface area (Å²) in [6.07, 6.45) is 2.20. The quantitative estimate of drug-likeness (QED) is 0.404. The maximum Gasteiger partial charge on any atom is 0.328 e. The minimum absolute atomic E-state index is 0.126. The fourth-order valence-electron chi connectivity index (χ4n) is 5.01. The molecule has 0 aliphatic carbocycles. The number of carboxylic acids is 1. The summed E-state index contributed by atoms with van der Waals surface area (Å²) in [5.74, 6) is -5.38. The van der Waals surface area contributed by atoms with E-state index in [1.807, 2.05) is 30.3 Å². The van der Waals surface area contributed by atoms with Crippen molar-refractivity contribution >= 4 is 40.4 Å². The highest BCUT2D eigenvalue weighted by Gasteiger charge is 2.42. The van der Waals surface area contributed by atoms with Crippen LogP contribution in [-0.4, -0.2) is 58.3 Å². The van der Waals surface area contributed by atoms with Crippen molar-refractivity contribution in [1.82, 2.24) is 9.88 Å². The molecular formula is C30H27F2N3O4S. The second-order valence-electron chi connectivity index (χ2n) is 9.75. The molecule has 1 saturated heterocycles. The maximum atomic E-state index is 15.6. The van der Waals surface area contributed by atoms with E-state index in [0.29, 0.717) is 39.7 Å². The van der Waals surface area contributed by atoms with Crippen LogP contribution < -0.4 is 4.90 Å². The number of nitrogens with zero attached hydrogens (tertiary/aromatic N) is 3. The number of allylic oxidation sites excluding steroid dienone is 1. The second kappa shape index (κ2) is 11.1. The van der Waals surface area contributed by atoms with E-state index in [4.69, 9.17) is 5.11 Å². The SMILES string of the molecule is Cc1nc(-c2ccccc2)sc1C(=O)N1CCC(F)(F)C(=CC(=O)N2CCC(=CC(=O)O)CC2)c2ccccc21. The number of thiazole rings is 1. The molecule has 3 aromatic rings. The van der Waals surface area contributed by atoms with Crippen molar-refractivity contribution in [3.63, 3.8) is 0 Å². The van der Waals surface area contributed by atoms with Gasteiger partial charge in [-0.3, -0.25) is 9.59 Å². The van der Waals surface area contributed by atoms with E-state index in [2.05, 4.69) is 4.98 Å². The number of para-hydroxylation sites is 1. The monoisotopic (exact) mass is 563 g/mol. The first-order valence-corrected chi connectivity index (χ1v) is 13.7. The maximum absolute atomic E-state index is 15.6. The number of aliphatic carboxylic acids is 1. The lowest BCUT2D eigenvalue weighted by Gasteiger charge is -2.28. The zero-order valence-electron chi connectivity index (χ0n) is 21.8. The molecule has 3 heterocycles. The van der Waals surface area contributed by atoms with E-state index in [-0.39, 0.29) is 25.2 Å². The zero-order valence-corrected chi connectivity index (χ0v) is 22.6. The average Bonchev–Trinajstić information content (AvgIpc) is 3.29. The Morgan fingerprint density at radius 3 is 2.35 bits per heavy atom. The van der Waals surface area contributed by atoms with Crippen LogP contribution in [0.5, 0.6) is 0 Å². The van der Waals surface area contributed by atoms with Crippen LogP contribution in [0.2, 0.25) is 0 Å². The van der Waals surface area contributed by atoms with Gasteiger partial charge in [0.05, 0.1) is 11.4 Å². The van der Waals surface area contributed by atoms with Gasteiger partial charge in [0.2, 0.25) is 5.91 Å². The fraction of sp³-hybridized carbons (Fsp3) is 0.267. The van der Waals surface area contributed by atoms with Crippen molar-refractivity contribution in [2.75, 3.05) is 24.5 Å². The summed E-state index contributed by atoms with van der Waals surface area (Å²) in [6.45, 7) is 1.98. The molecule has 2 aliphatic heterocycles. The van der Waals surface area contributed by atoms with Crippen LogP contribution in [-0.2, 0) is 9.59 Å². The van der Waals surface area contributed by atoms with Crippen molar-refractivity contribution in [3.05, 3.63) is 88.5 Å². The molecule has 0 bridgehead atoms. The topological polar surface area (TPSA) is 90.8 Å². The Labute approximate surface area is 234 Å². The van der Waals surface area contributed by atoms with Crippen LogP contribution in [0.1, 0.15) is 40.2 Å². The molecule has 206 valence electrons. The van der Waals surface area contributed by atoms with Crippen molar-refractivity contribution in [2.45, 2.75) is 32.1 Å². The lowest BCUT2D eigenvalue weighted by atomic mass is 9.96. The van der Waals surface area contributed by atoms with Gasteiger partial charge in [-0.2, -0.15) is 0 Å². The van der Waals surface area contributed by atoms with Crippen LogP contribution in [0, 0.1) is 6.92 Å². The number of hydrogen-bond acceptors (Lipinski definition) is 5. The second-order valence-corrected chi connectivity index (χ2v) is 10.8. The molecule has 5 rings (SSSR count). The molecule has 7 nitrogen and oxygen atoms in total. The number of piperidine rings is 1. The van der Waals surface area contributed by atoms with Crippen LogP contribution >= 0.6 is 11.3 Å². The van der Waals surface area contributed by atoms with E-state index in [1.54, 1.807) is 25.1 Å². The summed E-state index contributed by atoms with van der Waals surface area (Å²) < 4.78 is 31.2. The smallest absolute Gasteiger partial charge is 0.328 e. The third-order valence-electron chi connectivity index (χ3n) is 7.10. The number of alkyl halides is 2. The first-order valence-electron chi connectivity index (χ1n) is 12.9. The number of carbonyl (C=O) groups excluding carboxylic acids is 2. The molecule has 2 aromatic carbocycles. The van der Waals surface area contributed by atoms with Crippen molar-refractivity contribution in [3.8, 4) is 10.6 Å². The number of anilines is 1. The van der Waals surface area contributed by atoms with Crippen LogP contribution in [0.15, 0.2) is 72.3 Å². The van der Waals surface area contributed by atoms with Crippen LogP contribution in [0.3, 0.4) is 0 Å². The number of rotatable bonds is 4. The molecule has 0 spiro atoms. The normalized spacial score (nSPS) is 17.8. The molecule has 0 atom stereocenters. The van der Waals surface area contributed by atoms with E-state index < -0.39 is 35.7 Å². The highest BCUT2D eigenvalue weighted by Crippen LogP contribution is 2.44. The molecule has 1 N–H and O–H groups in total. The van der Waals surface area contributed by atoms with Gasteiger partial charge in [-0.1, -0.05) is 54.1 Å². The standard InChI is InChI=1S/C30H27F2N3O4S/c1-19-27(40-28(33-19)21-7-3-2-4-8-21)29(39)35-16-13-30(31,32)23(22-9-5-6-10-24(22)35)18-25(36)34-14-11-20(12-15-34)17-26(37)38/h2-10,17-18H,11-16H2,1H3,(H,37,38). The lowest BCUT2D eigenvalue weighted by Crippen LogP contribution is -2.36. The van der Waals surface area contributed by atoms with Gasteiger partial charge in [-0.25, -0.2) is 18.6 Å². The van der Waals surface area contributed by atoms with Gasteiger partial charge in [-0.15, -0.1) is 11.3 Å². The Morgan fingerprint density at radius 2 is 1.65 bits per heavy atom. The van der Waals surface area contributed by atoms with Gasteiger partial charge < -0.3 is 14.9 Å². The lowest BCUT2D eigenvalue weighted by molar-refractivity contribution is -0.131. The third kappa shape index (κ3) is 5.58. The summed E-state index contributed by atoms with van der Waals surface area (Å²) in [5, 5.41) is 9.63. The van der Waals surface area contributed by atoms with E-state index >= 15 is 8.78 Å². The third-order valence-corrected chi connectivity index (χ3v) is 8.29. The van der Waals surface area contributed by atoms with Gasteiger partial charge in [-0.05, 0) is 25.8 Å². The highest BCUT2D eigenvalue weighted by atomic mass is 32.1. The van der Waals surface area contributed by atoms with Crippen LogP contribution in [0.25, 0.3) is 16.1 Å². The number of aromatic nitrogens is 1. The van der Waals surface area contributed by atoms with E-state index in [9.17, 15) is 14.4 Å². The molecule has 1 fully saturated rings. The molecule has 10 heteroatoms. The number of benzene rings is 2. The predicted molar refractivity (Wildman–Crippen MR) is 149 cm³/mol. The number of amides is 2. The molecule has 2 aliphatic rings. The average molecular weight is 564 g/mol. The number of fused-ring (bicyclic) bond motifs is 1. The molecule has 0 saturated carbocycles. The molecule has 0 unspecified atom stereocenters. The molecule has 2 amide bonds. The Bertz CT molecular complexity index is 1520. The Hall–Kier alpha value is -4.18. The summed E-state index contributed by atoms with van der Waals surface area (Å²) in [4.78, 5) is 45.6.